The molecular weight excluding hydrogens is 612 g/mol. The van der Waals surface area contributed by atoms with Crippen LogP contribution in [0.15, 0.2) is 42.6 Å². The number of nitrogens with one attached hydrogen (secondary N) is 1. The van der Waals surface area contributed by atoms with Crippen molar-refractivity contribution in [1.29, 1.82) is 0 Å². The maximum absolute atomic E-state index is 13.7. The summed E-state index contributed by atoms with van der Waals surface area (Å²) in [5.74, 6) is -0.693. The van der Waals surface area contributed by atoms with E-state index < -0.39 is 11.4 Å². The highest BCUT2D eigenvalue weighted by molar-refractivity contribution is 5.98. The van der Waals surface area contributed by atoms with E-state index in [-0.39, 0.29) is 111 Å². The third-order valence-corrected chi connectivity index (χ3v) is 7.94. The van der Waals surface area contributed by atoms with Crippen LogP contribution in [0.1, 0.15) is 95.4 Å². The molecule has 0 atom stereocenters. The summed E-state index contributed by atoms with van der Waals surface area (Å²) in [4.78, 5) is 67.1. The Labute approximate surface area is 285 Å². The maximum Gasteiger partial charge on any atom is 0.253 e. The number of benzene rings is 1. The minimum Gasteiger partial charge on any atom is -0.378 e. The average molecular weight is 667 g/mol. The van der Waals surface area contributed by atoms with E-state index in [2.05, 4.69) is 10.3 Å². The average Bonchev–Trinajstić information content (AvgIpc) is 3.06. The summed E-state index contributed by atoms with van der Waals surface area (Å²) < 4.78 is 17.8. The van der Waals surface area contributed by atoms with Crippen molar-refractivity contribution in [3.05, 3.63) is 53.7 Å². The van der Waals surface area contributed by atoms with Gasteiger partial charge in [-0.15, -0.1) is 0 Å². The number of rotatable bonds is 23. The quantitative estimate of drug-likeness (QED) is 0.113. The molecule has 48 heavy (non-hydrogen) atoms. The van der Waals surface area contributed by atoms with Crippen LogP contribution in [-0.4, -0.2) is 79.2 Å². The SMILES string of the molecule is CC(C)C(=O)CCOCC(COCCC(=O)C(C)C)(COCCC(=O)C(C)C)NC(=O)c1ccc(-c2ccc(C(=O)C(C)C)cc2)nc1. The van der Waals surface area contributed by atoms with Gasteiger partial charge >= 0.3 is 0 Å². The standard InChI is InChI=1S/C38H54N2O8/c1-25(2)33(41)15-18-46-22-38(23-47-19-16-34(42)26(3)4,24-48-20-17-35(43)27(5)6)40-37(45)31-13-14-32(39-21-31)29-9-11-30(12-10-29)36(44)28(7)8/h9-14,21,25-28H,15-20,22-24H2,1-8H3,(H,40,45). The first-order valence-electron chi connectivity index (χ1n) is 16.9. The van der Waals surface area contributed by atoms with Gasteiger partial charge in [0.25, 0.3) is 5.91 Å². The molecule has 0 aliphatic rings. The molecular formula is C38H54N2O8. The molecule has 0 spiro atoms. The van der Waals surface area contributed by atoms with Crippen molar-refractivity contribution in [3.63, 3.8) is 0 Å². The highest BCUT2D eigenvalue weighted by Crippen LogP contribution is 2.20. The first-order valence-corrected chi connectivity index (χ1v) is 16.9. The van der Waals surface area contributed by atoms with Crippen molar-refractivity contribution in [3.8, 4) is 11.3 Å². The highest BCUT2D eigenvalue weighted by atomic mass is 16.5. The summed E-state index contributed by atoms with van der Waals surface area (Å²) in [7, 11) is 0. The van der Waals surface area contributed by atoms with Crippen LogP contribution in [0.4, 0.5) is 0 Å². The Morgan fingerprint density at radius 2 is 1.02 bits per heavy atom. The summed E-state index contributed by atoms with van der Waals surface area (Å²) in [5.41, 5.74) is 1.15. The van der Waals surface area contributed by atoms with Crippen molar-refractivity contribution < 1.29 is 38.2 Å². The van der Waals surface area contributed by atoms with Gasteiger partial charge in [0.2, 0.25) is 0 Å². The molecule has 1 aromatic carbocycles. The number of amides is 1. The van der Waals surface area contributed by atoms with Crippen molar-refractivity contribution in [2.45, 2.75) is 80.2 Å². The first kappa shape index (κ1) is 40.6. The molecule has 1 aromatic heterocycles. The fraction of sp³-hybridized carbons (Fsp3) is 0.579. The molecule has 264 valence electrons. The second-order valence-electron chi connectivity index (χ2n) is 13.5. The van der Waals surface area contributed by atoms with Gasteiger partial charge in [-0.3, -0.25) is 29.0 Å². The Bertz CT molecular complexity index is 1280. The lowest BCUT2D eigenvalue weighted by Crippen LogP contribution is -2.58. The van der Waals surface area contributed by atoms with Crippen LogP contribution >= 0.6 is 0 Å². The molecule has 10 heteroatoms. The fourth-order valence-electron chi connectivity index (χ4n) is 4.57. The smallest absolute Gasteiger partial charge is 0.253 e. The predicted molar refractivity (Wildman–Crippen MR) is 185 cm³/mol. The van der Waals surface area contributed by atoms with E-state index in [1.165, 1.54) is 6.20 Å². The molecule has 10 nitrogen and oxygen atoms in total. The van der Waals surface area contributed by atoms with Crippen molar-refractivity contribution >= 4 is 29.0 Å². The Hall–Kier alpha value is -3.60. The van der Waals surface area contributed by atoms with Crippen molar-refractivity contribution in [2.75, 3.05) is 39.6 Å². The van der Waals surface area contributed by atoms with E-state index in [0.29, 0.717) is 11.3 Å². The van der Waals surface area contributed by atoms with Crippen LogP contribution < -0.4 is 5.32 Å². The number of ether oxygens (including phenoxy) is 3. The zero-order valence-corrected chi connectivity index (χ0v) is 29.9. The Kier molecular flexibility index (Phi) is 16.9. The van der Waals surface area contributed by atoms with Crippen LogP contribution in [0.3, 0.4) is 0 Å². The van der Waals surface area contributed by atoms with Gasteiger partial charge in [0.05, 0.1) is 50.9 Å². The summed E-state index contributed by atoms with van der Waals surface area (Å²) in [5, 5.41) is 3.02. The normalized spacial score (nSPS) is 11.8. The van der Waals surface area contributed by atoms with E-state index in [0.717, 1.165) is 5.56 Å². The molecule has 2 rings (SSSR count). The number of hydrogen-bond donors (Lipinski definition) is 1. The van der Waals surface area contributed by atoms with Crippen LogP contribution in [0, 0.1) is 23.7 Å². The number of Topliss-reactive ketones (excluding diaryl/α,β-unsaturated/α-hetero) is 4. The fourth-order valence-corrected chi connectivity index (χ4v) is 4.57. The largest absolute Gasteiger partial charge is 0.378 e. The molecule has 0 unspecified atom stereocenters. The second-order valence-corrected chi connectivity index (χ2v) is 13.5. The molecule has 0 saturated carbocycles. The topological polar surface area (TPSA) is 138 Å². The van der Waals surface area contributed by atoms with Gasteiger partial charge in [0.15, 0.2) is 5.78 Å². The van der Waals surface area contributed by atoms with Crippen molar-refractivity contribution in [2.24, 2.45) is 23.7 Å². The number of ketones is 4. The molecule has 1 N–H and O–H groups in total. The second kappa shape index (κ2) is 20.0. The van der Waals surface area contributed by atoms with Gasteiger partial charge in [-0.1, -0.05) is 79.7 Å². The number of aromatic nitrogens is 1. The number of carbonyl (C=O) groups is 5. The molecule has 1 heterocycles. The summed E-state index contributed by atoms with van der Waals surface area (Å²) >= 11 is 0. The van der Waals surface area contributed by atoms with Gasteiger partial charge in [-0.2, -0.15) is 0 Å². The van der Waals surface area contributed by atoms with E-state index in [1.54, 1.807) is 24.3 Å². The first-order chi connectivity index (χ1) is 22.7. The van der Waals surface area contributed by atoms with Gasteiger partial charge in [0, 0.05) is 60.3 Å². The monoisotopic (exact) mass is 666 g/mol. The Morgan fingerprint density at radius 1 is 0.604 bits per heavy atom. The minimum atomic E-state index is -1.20. The summed E-state index contributed by atoms with van der Waals surface area (Å²) in [6, 6.07) is 10.6. The summed E-state index contributed by atoms with van der Waals surface area (Å²) in [6.45, 7) is 15.0. The zero-order chi connectivity index (χ0) is 35.9. The van der Waals surface area contributed by atoms with Crippen LogP contribution in [0.5, 0.6) is 0 Å². The Morgan fingerprint density at radius 3 is 1.38 bits per heavy atom. The van der Waals surface area contributed by atoms with Gasteiger partial charge < -0.3 is 19.5 Å². The Balaban J connectivity index is 2.28. The van der Waals surface area contributed by atoms with E-state index >= 15 is 0 Å². The molecule has 0 bridgehead atoms. The minimum absolute atomic E-state index is 0.0344. The van der Waals surface area contributed by atoms with E-state index in [1.807, 2.05) is 67.5 Å². The zero-order valence-electron chi connectivity index (χ0n) is 29.9. The third-order valence-electron chi connectivity index (χ3n) is 7.94. The molecule has 0 fully saturated rings. The number of pyridine rings is 1. The van der Waals surface area contributed by atoms with Crippen LogP contribution in [0.2, 0.25) is 0 Å². The third kappa shape index (κ3) is 13.5. The van der Waals surface area contributed by atoms with Gasteiger partial charge in [-0.05, 0) is 12.1 Å². The molecule has 0 radical (unpaired) electrons. The van der Waals surface area contributed by atoms with E-state index in [9.17, 15) is 24.0 Å². The number of hydrogen-bond acceptors (Lipinski definition) is 9. The maximum atomic E-state index is 13.7. The molecule has 0 aliphatic carbocycles. The molecule has 0 saturated heterocycles. The number of carbonyl (C=O) groups excluding carboxylic acids is 5. The van der Waals surface area contributed by atoms with Gasteiger partial charge in [-0.25, -0.2) is 0 Å². The molecule has 1 amide bonds. The molecule has 2 aromatic rings. The number of nitrogens with zero attached hydrogens (tertiary/aromatic N) is 1. The van der Waals surface area contributed by atoms with Crippen molar-refractivity contribution in [1.82, 2.24) is 10.3 Å². The van der Waals surface area contributed by atoms with E-state index in [4.69, 9.17) is 14.2 Å². The molecule has 0 aliphatic heterocycles. The van der Waals surface area contributed by atoms with Crippen LogP contribution in [0.25, 0.3) is 11.3 Å². The highest BCUT2D eigenvalue weighted by Gasteiger charge is 2.34. The van der Waals surface area contributed by atoms with Crippen LogP contribution in [-0.2, 0) is 28.6 Å². The lowest BCUT2D eigenvalue weighted by molar-refractivity contribution is -0.123. The lowest BCUT2D eigenvalue weighted by atomic mass is 9.99. The van der Waals surface area contributed by atoms with Gasteiger partial charge in [0.1, 0.15) is 22.9 Å². The summed E-state index contributed by atoms with van der Waals surface area (Å²) in [6.07, 6.45) is 2.11. The predicted octanol–water partition coefficient (Wildman–Crippen LogP) is 5.95. The lowest BCUT2D eigenvalue weighted by Gasteiger charge is -2.34.